The van der Waals surface area contributed by atoms with Crippen LogP contribution in [0.25, 0.3) is 11.1 Å². The molecule has 3 rings (SSSR count). The Bertz CT molecular complexity index is 784. The average Bonchev–Trinajstić information content (AvgIpc) is 3.14. The molecule has 1 aromatic heterocycles. The van der Waals surface area contributed by atoms with Gasteiger partial charge in [-0.1, -0.05) is 13.8 Å². The highest BCUT2D eigenvalue weighted by atomic mass is 16.5. The molecule has 0 bridgehead atoms. The standard InChI is InChI=1S/C18H23N3O4/c1-11(2)9-21-10-12(6-17(21)22)18(23)19-8-16-20-14-7-13(24-3)4-5-15(14)25-16/h4-5,7,11-12H,6,8-10H2,1-3H3,(H,19,23)/t12-/m0/s1. The molecule has 1 aromatic carbocycles. The van der Waals surface area contributed by atoms with E-state index in [1.54, 1.807) is 30.2 Å². The topological polar surface area (TPSA) is 84.7 Å². The number of fused-ring (bicyclic) bond motifs is 1. The lowest BCUT2D eigenvalue weighted by Gasteiger charge is -2.18. The van der Waals surface area contributed by atoms with Gasteiger partial charge >= 0.3 is 0 Å². The molecule has 1 fully saturated rings. The van der Waals surface area contributed by atoms with Crippen LogP contribution in [0, 0.1) is 11.8 Å². The number of methoxy groups -OCH3 is 1. The van der Waals surface area contributed by atoms with Gasteiger partial charge in [0.25, 0.3) is 0 Å². The quantitative estimate of drug-likeness (QED) is 0.865. The van der Waals surface area contributed by atoms with Gasteiger partial charge in [-0.25, -0.2) is 4.98 Å². The summed E-state index contributed by atoms with van der Waals surface area (Å²) in [5.41, 5.74) is 1.33. The van der Waals surface area contributed by atoms with Crippen LogP contribution < -0.4 is 10.1 Å². The van der Waals surface area contributed by atoms with Crippen molar-refractivity contribution in [1.82, 2.24) is 15.2 Å². The number of nitrogens with zero attached hydrogens (tertiary/aromatic N) is 2. The highest BCUT2D eigenvalue weighted by Crippen LogP contribution is 2.22. The summed E-state index contributed by atoms with van der Waals surface area (Å²) in [6, 6.07) is 5.36. The number of likely N-dealkylation sites (tertiary alicyclic amines) is 1. The summed E-state index contributed by atoms with van der Waals surface area (Å²) in [5.74, 6) is 1.12. The van der Waals surface area contributed by atoms with Crippen LogP contribution in [0.4, 0.5) is 0 Å². The summed E-state index contributed by atoms with van der Waals surface area (Å²) in [6.07, 6.45) is 0.267. The number of hydrogen-bond acceptors (Lipinski definition) is 5. The molecule has 1 atom stereocenters. The van der Waals surface area contributed by atoms with Crippen molar-refractivity contribution in [1.29, 1.82) is 0 Å². The van der Waals surface area contributed by atoms with E-state index in [-0.39, 0.29) is 30.7 Å². The van der Waals surface area contributed by atoms with Crippen LogP contribution in [0.2, 0.25) is 0 Å². The molecule has 0 aliphatic carbocycles. The molecule has 0 radical (unpaired) electrons. The monoisotopic (exact) mass is 345 g/mol. The maximum atomic E-state index is 12.3. The number of carbonyl (C=O) groups is 2. The van der Waals surface area contributed by atoms with Crippen molar-refractivity contribution in [3.8, 4) is 5.75 Å². The van der Waals surface area contributed by atoms with Gasteiger partial charge < -0.3 is 19.4 Å². The van der Waals surface area contributed by atoms with Gasteiger partial charge in [0.1, 0.15) is 11.3 Å². The average molecular weight is 345 g/mol. The van der Waals surface area contributed by atoms with Gasteiger partial charge in [0.05, 0.1) is 19.6 Å². The Kier molecular flexibility index (Phi) is 4.92. The molecular formula is C18H23N3O4. The first-order valence-electron chi connectivity index (χ1n) is 8.45. The number of nitrogens with one attached hydrogen (secondary N) is 1. The van der Waals surface area contributed by atoms with E-state index in [0.29, 0.717) is 41.7 Å². The zero-order chi connectivity index (χ0) is 18.0. The van der Waals surface area contributed by atoms with Crippen LogP contribution in [0.3, 0.4) is 0 Å². The summed E-state index contributed by atoms with van der Waals surface area (Å²) in [6.45, 7) is 5.49. The summed E-state index contributed by atoms with van der Waals surface area (Å²) in [5, 5.41) is 2.82. The number of ether oxygens (including phenoxy) is 1. The zero-order valence-corrected chi connectivity index (χ0v) is 14.7. The first-order chi connectivity index (χ1) is 12.0. The van der Waals surface area contributed by atoms with E-state index >= 15 is 0 Å². The Morgan fingerprint density at radius 2 is 2.28 bits per heavy atom. The predicted molar refractivity (Wildman–Crippen MR) is 91.9 cm³/mol. The van der Waals surface area contributed by atoms with Crippen LogP contribution in [-0.4, -0.2) is 41.9 Å². The second-order valence-electron chi connectivity index (χ2n) is 6.75. The number of oxazole rings is 1. The smallest absolute Gasteiger partial charge is 0.225 e. The molecule has 1 N–H and O–H groups in total. The van der Waals surface area contributed by atoms with Crippen LogP contribution in [-0.2, 0) is 16.1 Å². The third-order valence-electron chi connectivity index (χ3n) is 4.22. The fourth-order valence-electron chi connectivity index (χ4n) is 3.03. The maximum Gasteiger partial charge on any atom is 0.225 e. The minimum Gasteiger partial charge on any atom is -0.497 e. The Morgan fingerprint density at radius 1 is 1.48 bits per heavy atom. The van der Waals surface area contributed by atoms with Gasteiger partial charge in [-0.05, 0) is 18.1 Å². The van der Waals surface area contributed by atoms with E-state index in [0.717, 1.165) is 0 Å². The Morgan fingerprint density at radius 3 is 3.00 bits per heavy atom. The number of amides is 2. The lowest BCUT2D eigenvalue weighted by molar-refractivity contribution is -0.129. The molecule has 7 nitrogen and oxygen atoms in total. The van der Waals surface area contributed by atoms with E-state index < -0.39 is 0 Å². The second kappa shape index (κ2) is 7.13. The Balaban J connectivity index is 1.58. The largest absolute Gasteiger partial charge is 0.497 e. The molecule has 1 aliphatic heterocycles. The van der Waals surface area contributed by atoms with Gasteiger partial charge in [-0.3, -0.25) is 9.59 Å². The van der Waals surface area contributed by atoms with Gasteiger partial charge in [0.15, 0.2) is 5.58 Å². The molecule has 1 saturated heterocycles. The highest BCUT2D eigenvalue weighted by Gasteiger charge is 2.34. The molecule has 0 spiro atoms. The Labute approximate surface area is 146 Å². The summed E-state index contributed by atoms with van der Waals surface area (Å²) >= 11 is 0. The van der Waals surface area contributed by atoms with Crippen LogP contribution >= 0.6 is 0 Å². The minimum absolute atomic E-state index is 0.0443. The molecule has 0 saturated carbocycles. The lowest BCUT2D eigenvalue weighted by Crippen LogP contribution is -2.33. The number of aromatic nitrogens is 1. The highest BCUT2D eigenvalue weighted by molar-refractivity contribution is 5.89. The molecule has 1 aliphatic rings. The number of rotatable bonds is 6. The number of hydrogen-bond donors (Lipinski definition) is 1. The zero-order valence-electron chi connectivity index (χ0n) is 14.7. The van der Waals surface area contributed by atoms with Crippen molar-refractivity contribution >= 4 is 22.9 Å². The van der Waals surface area contributed by atoms with Crippen molar-refractivity contribution in [2.24, 2.45) is 11.8 Å². The van der Waals surface area contributed by atoms with Gasteiger partial charge in [-0.2, -0.15) is 0 Å². The predicted octanol–water partition coefficient (Wildman–Crippen LogP) is 1.96. The van der Waals surface area contributed by atoms with Crippen molar-refractivity contribution in [3.05, 3.63) is 24.1 Å². The van der Waals surface area contributed by atoms with Gasteiger partial charge in [0.2, 0.25) is 17.7 Å². The fourth-order valence-corrected chi connectivity index (χ4v) is 3.03. The van der Waals surface area contributed by atoms with Crippen molar-refractivity contribution in [2.75, 3.05) is 20.2 Å². The van der Waals surface area contributed by atoms with E-state index in [1.165, 1.54) is 0 Å². The fraction of sp³-hybridized carbons (Fsp3) is 0.500. The van der Waals surface area contributed by atoms with Crippen LogP contribution in [0.1, 0.15) is 26.2 Å². The normalized spacial score (nSPS) is 17.5. The van der Waals surface area contributed by atoms with E-state index in [2.05, 4.69) is 24.1 Å². The molecule has 2 aromatic rings. The first-order valence-corrected chi connectivity index (χ1v) is 8.45. The van der Waals surface area contributed by atoms with Crippen molar-refractivity contribution < 1.29 is 18.7 Å². The minimum atomic E-state index is -0.310. The molecule has 2 amide bonds. The third-order valence-corrected chi connectivity index (χ3v) is 4.22. The lowest BCUT2D eigenvalue weighted by atomic mass is 10.1. The number of carbonyl (C=O) groups excluding carboxylic acids is 2. The molecular weight excluding hydrogens is 322 g/mol. The van der Waals surface area contributed by atoms with Crippen LogP contribution in [0.5, 0.6) is 5.75 Å². The Hall–Kier alpha value is -2.57. The van der Waals surface area contributed by atoms with E-state index in [4.69, 9.17) is 9.15 Å². The number of benzene rings is 1. The molecule has 0 unspecified atom stereocenters. The van der Waals surface area contributed by atoms with Crippen molar-refractivity contribution in [3.63, 3.8) is 0 Å². The second-order valence-corrected chi connectivity index (χ2v) is 6.75. The first kappa shape index (κ1) is 17.3. The van der Waals surface area contributed by atoms with Crippen LogP contribution in [0.15, 0.2) is 22.6 Å². The van der Waals surface area contributed by atoms with Gasteiger partial charge in [0, 0.05) is 25.6 Å². The summed E-state index contributed by atoms with van der Waals surface area (Å²) < 4.78 is 10.8. The third kappa shape index (κ3) is 3.92. The molecule has 7 heteroatoms. The van der Waals surface area contributed by atoms with E-state index in [9.17, 15) is 9.59 Å². The SMILES string of the molecule is COc1ccc2oc(CNC(=O)[C@H]3CC(=O)N(CC(C)C)C3)nc2c1. The molecule has 2 heterocycles. The summed E-state index contributed by atoms with van der Waals surface area (Å²) in [4.78, 5) is 30.4. The van der Waals surface area contributed by atoms with Crippen molar-refractivity contribution in [2.45, 2.75) is 26.8 Å². The maximum absolute atomic E-state index is 12.3. The van der Waals surface area contributed by atoms with Gasteiger partial charge in [-0.15, -0.1) is 0 Å². The summed E-state index contributed by atoms with van der Waals surface area (Å²) in [7, 11) is 1.59. The van der Waals surface area contributed by atoms with E-state index in [1.807, 2.05) is 0 Å². The molecule has 134 valence electrons. The molecule has 25 heavy (non-hydrogen) atoms.